The van der Waals surface area contributed by atoms with E-state index in [1.807, 2.05) is 36.4 Å². The molecule has 0 radical (unpaired) electrons. The van der Waals surface area contributed by atoms with Gasteiger partial charge in [-0.15, -0.1) is 0 Å². The van der Waals surface area contributed by atoms with Crippen LogP contribution in [0, 0.1) is 0 Å². The molecule has 0 saturated heterocycles. The average molecular weight is 362 g/mol. The molecule has 4 heteroatoms. The molecule has 0 aliphatic carbocycles. The number of methoxy groups -OCH3 is 1. The molecule has 0 unspecified atom stereocenters. The molecule has 0 fully saturated rings. The first-order valence-electron chi connectivity index (χ1n) is 8.98. The first kappa shape index (κ1) is 19.6. The first-order chi connectivity index (χ1) is 12.2. The van der Waals surface area contributed by atoms with E-state index in [1.165, 1.54) is 25.7 Å². The van der Waals surface area contributed by atoms with Gasteiger partial charge in [-0.2, -0.15) is 0 Å². The van der Waals surface area contributed by atoms with Crippen LogP contribution in [0.4, 0.5) is 0 Å². The summed E-state index contributed by atoms with van der Waals surface area (Å²) in [6, 6.07) is 13.7. The highest BCUT2D eigenvalue weighted by atomic mass is 35.5. The Balaban J connectivity index is 1.96. The molecule has 1 N–H and O–H groups in total. The van der Waals surface area contributed by atoms with Crippen molar-refractivity contribution < 1.29 is 9.47 Å². The zero-order chi connectivity index (χ0) is 17.9. The minimum atomic E-state index is 0.487. The van der Waals surface area contributed by atoms with Gasteiger partial charge in [0.25, 0.3) is 0 Å². The third-order valence-corrected chi connectivity index (χ3v) is 4.35. The number of halogens is 1. The van der Waals surface area contributed by atoms with E-state index in [4.69, 9.17) is 21.1 Å². The van der Waals surface area contributed by atoms with Crippen molar-refractivity contribution in [3.05, 3.63) is 58.6 Å². The van der Waals surface area contributed by atoms with Crippen molar-refractivity contribution in [2.75, 3.05) is 13.7 Å². The van der Waals surface area contributed by atoms with Crippen LogP contribution in [0.1, 0.15) is 43.7 Å². The minimum absolute atomic E-state index is 0.487. The Bertz CT molecular complexity index is 628. The molecule has 0 bridgehead atoms. The maximum Gasteiger partial charge on any atom is 0.166 e. The maximum absolute atomic E-state index is 6.07. The van der Waals surface area contributed by atoms with Crippen LogP contribution in [0.3, 0.4) is 0 Å². The zero-order valence-corrected chi connectivity index (χ0v) is 15.9. The quantitative estimate of drug-likeness (QED) is 0.528. The van der Waals surface area contributed by atoms with E-state index in [2.05, 4.69) is 18.3 Å². The summed E-state index contributed by atoms with van der Waals surface area (Å²) in [5.41, 5.74) is 2.19. The Kier molecular flexibility index (Phi) is 8.64. The van der Waals surface area contributed by atoms with Gasteiger partial charge in [-0.3, -0.25) is 0 Å². The van der Waals surface area contributed by atoms with Crippen molar-refractivity contribution in [2.45, 2.75) is 45.8 Å². The summed E-state index contributed by atoms with van der Waals surface area (Å²) >= 11 is 5.94. The van der Waals surface area contributed by atoms with Gasteiger partial charge in [0, 0.05) is 17.1 Å². The van der Waals surface area contributed by atoms with Gasteiger partial charge in [-0.1, -0.05) is 62.1 Å². The third-order valence-electron chi connectivity index (χ3n) is 4.10. The molecule has 2 rings (SSSR count). The molecular formula is C21H28ClNO2. The minimum Gasteiger partial charge on any atom is -0.493 e. The lowest BCUT2D eigenvalue weighted by Gasteiger charge is -2.16. The molecule has 0 heterocycles. The number of rotatable bonds is 11. The smallest absolute Gasteiger partial charge is 0.166 e. The molecule has 0 atom stereocenters. The predicted octanol–water partition coefficient (Wildman–Crippen LogP) is 5.60. The molecule has 0 aliphatic heterocycles. The Morgan fingerprint density at radius 1 is 1.00 bits per heavy atom. The van der Waals surface area contributed by atoms with Crippen molar-refractivity contribution in [3.63, 3.8) is 0 Å². The number of benzene rings is 2. The number of nitrogens with one attached hydrogen (secondary N) is 1. The van der Waals surface area contributed by atoms with E-state index in [1.54, 1.807) is 7.11 Å². The molecule has 2 aromatic rings. The fourth-order valence-corrected chi connectivity index (χ4v) is 2.79. The highest BCUT2D eigenvalue weighted by molar-refractivity contribution is 6.30. The number of ether oxygens (including phenoxy) is 2. The van der Waals surface area contributed by atoms with Crippen molar-refractivity contribution in [1.82, 2.24) is 5.32 Å². The van der Waals surface area contributed by atoms with Crippen LogP contribution in [0.2, 0.25) is 5.02 Å². The first-order valence-corrected chi connectivity index (χ1v) is 9.36. The molecule has 0 aromatic heterocycles. The van der Waals surface area contributed by atoms with Gasteiger partial charge in [-0.25, -0.2) is 0 Å². The second-order valence-corrected chi connectivity index (χ2v) is 6.54. The predicted molar refractivity (Wildman–Crippen MR) is 105 cm³/mol. The average Bonchev–Trinajstić information content (AvgIpc) is 2.64. The number of para-hydroxylation sites is 1. The summed E-state index contributed by atoms with van der Waals surface area (Å²) in [5, 5.41) is 4.24. The number of hydrogen-bond acceptors (Lipinski definition) is 3. The van der Waals surface area contributed by atoms with Gasteiger partial charge < -0.3 is 14.8 Å². The second-order valence-electron chi connectivity index (χ2n) is 6.10. The van der Waals surface area contributed by atoms with Gasteiger partial charge in [-0.05, 0) is 36.7 Å². The van der Waals surface area contributed by atoms with Crippen LogP contribution in [0.25, 0.3) is 0 Å². The lowest BCUT2D eigenvalue weighted by molar-refractivity contribution is 0.280. The summed E-state index contributed by atoms with van der Waals surface area (Å²) in [7, 11) is 1.67. The monoisotopic (exact) mass is 361 g/mol. The van der Waals surface area contributed by atoms with Crippen molar-refractivity contribution in [3.8, 4) is 11.5 Å². The van der Waals surface area contributed by atoms with E-state index in [0.717, 1.165) is 40.7 Å². The van der Waals surface area contributed by atoms with E-state index in [9.17, 15) is 0 Å². The SMILES string of the molecule is CCCCCCNCc1cccc(OC)c1OCc1ccc(Cl)cc1. The lowest BCUT2D eigenvalue weighted by Crippen LogP contribution is -2.15. The van der Waals surface area contributed by atoms with Crippen LogP contribution < -0.4 is 14.8 Å². The maximum atomic E-state index is 6.07. The molecule has 2 aromatic carbocycles. The van der Waals surface area contributed by atoms with Gasteiger partial charge in [0.2, 0.25) is 0 Å². The molecule has 3 nitrogen and oxygen atoms in total. The van der Waals surface area contributed by atoms with E-state index >= 15 is 0 Å². The van der Waals surface area contributed by atoms with E-state index in [0.29, 0.717) is 6.61 Å². The lowest BCUT2D eigenvalue weighted by atomic mass is 10.1. The van der Waals surface area contributed by atoms with Crippen molar-refractivity contribution in [1.29, 1.82) is 0 Å². The standard InChI is InChI=1S/C21H28ClNO2/c1-3-4-5-6-14-23-15-18-8-7-9-20(24-2)21(18)25-16-17-10-12-19(22)13-11-17/h7-13,23H,3-6,14-16H2,1-2H3. The topological polar surface area (TPSA) is 30.5 Å². The van der Waals surface area contributed by atoms with Gasteiger partial charge in [0.1, 0.15) is 6.61 Å². The number of hydrogen-bond donors (Lipinski definition) is 1. The molecule has 0 saturated carbocycles. The molecular weight excluding hydrogens is 334 g/mol. The van der Waals surface area contributed by atoms with E-state index in [-0.39, 0.29) is 0 Å². The second kappa shape index (κ2) is 11.0. The van der Waals surface area contributed by atoms with Crippen LogP contribution in [0.15, 0.2) is 42.5 Å². The summed E-state index contributed by atoms with van der Waals surface area (Å²) in [5.74, 6) is 1.57. The van der Waals surface area contributed by atoms with Crippen LogP contribution in [-0.4, -0.2) is 13.7 Å². The van der Waals surface area contributed by atoms with Crippen molar-refractivity contribution >= 4 is 11.6 Å². The molecule has 136 valence electrons. The largest absolute Gasteiger partial charge is 0.493 e. The third kappa shape index (κ3) is 6.60. The molecule has 25 heavy (non-hydrogen) atoms. The summed E-state index contributed by atoms with van der Waals surface area (Å²) in [6.45, 7) is 4.52. The Hall–Kier alpha value is -1.71. The highest BCUT2D eigenvalue weighted by Gasteiger charge is 2.10. The van der Waals surface area contributed by atoms with Gasteiger partial charge in [0.15, 0.2) is 11.5 Å². The summed E-state index contributed by atoms with van der Waals surface area (Å²) in [6.07, 6.45) is 5.05. The fraction of sp³-hybridized carbons (Fsp3) is 0.429. The van der Waals surface area contributed by atoms with Crippen LogP contribution in [0.5, 0.6) is 11.5 Å². The molecule has 0 spiro atoms. The molecule has 0 aliphatic rings. The van der Waals surface area contributed by atoms with Gasteiger partial charge >= 0.3 is 0 Å². The Labute approximate surface area is 156 Å². The van der Waals surface area contributed by atoms with Crippen LogP contribution >= 0.6 is 11.6 Å². The van der Waals surface area contributed by atoms with Crippen LogP contribution in [-0.2, 0) is 13.2 Å². The normalized spacial score (nSPS) is 10.7. The zero-order valence-electron chi connectivity index (χ0n) is 15.2. The summed E-state index contributed by atoms with van der Waals surface area (Å²) in [4.78, 5) is 0. The number of unbranched alkanes of at least 4 members (excludes halogenated alkanes) is 3. The highest BCUT2D eigenvalue weighted by Crippen LogP contribution is 2.32. The Morgan fingerprint density at radius 3 is 2.52 bits per heavy atom. The Morgan fingerprint density at radius 2 is 1.80 bits per heavy atom. The van der Waals surface area contributed by atoms with Gasteiger partial charge in [0.05, 0.1) is 7.11 Å². The summed E-state index contributed by atoms with van der Waals surface area (Å²) < 4.78 is 11.6. The van der Waals surface area contributed by atoms with E-state index < -0.39 is 0 Å². The van der Waals surface area contributed by atoms with Crippen molar-refractivity contribution in [2.24, 2.45) is 0 Å². The molecule has 0 amide bonds. The fourth-order valence-electron chi connectivity index (χ4n) is 2.66.